The Balaban J connectivity index is 2.28. The van der Waals surface area contributed by atoms with Crippen LogP contribution >= 0.6 is 0 Å². The third-order valence-electron chi connectivity index (χ3n) is 1.46. The first kappa shape index (κ1) is 8.79. The normalized spacial score (nSPS) is 9.91. The zero-order valence-corrected chi connectivity index (χ0v) is 8.33. The predicted octanol–water partition coefficient (Wildman–Crippen LogP) is 1.10. The third-order valence-corrected chi connectivity index (χ3v) is 1.93. The molecule has 0 aliphatic rings. The van der Waals surface area contributed by atoms with Gasteiger partial charge in [0.25, 0.3) is 0 Å². The summed E-state index contributed by atoms with van der Waals surface area (Å²) in [6, 6.07) is 10.5. The molecule has 1 rings (SSSR count). The van der Waals surface area contributed by atoms with Gasteiger partial charge in [0.1, 0.15) is 0 Å². The molecule has 0 atom stereocenters. The minimum atomic E-state index is 0.985. The number of rotatable bonds is 4. The molecule has 0 saturated carbocycles. The Morgan fingerprint density at radius 2 is 1.91 bits per heavy atom. The quantitative estimate of drug-likeness (QED) is 0.584. The van der Waals surface area contributed by atoms with E-state index < -0.39 is 0 Å². The zero-order chi connectivity index (χ0) is 7.94. The van der Waals surface area contributed by atoms with Crippen LogP contribution in [0.4, 0.5) is 0 Å². The summed E-state index contributed by atoms with van der Waals surface area (Å²) >= 11 is 2.57. The van der Waals surface area contributed by atoms with Crippen molar-refractivity contribution in [1.82, 2.24) is 5.32 Å². The van der Waals surface area contributed by atoms with Crippen LogP contribution in [0.25, 0.3) is 0 Å². The molecule has 0 fully saturated rings. The average Bonchev–Trinajstić information content (AvgIpc) is 2.07. The molecule has 1 N–H and O–H groups in total. The van der Waals surface area contributed by atoms with Gasteiger partial charge in [0.05, 0.1) is 0 Å². The molecule has 1 aromatic carbocycles. The van der Waals surface area contributed by atoms with Crippen LogP contribution in [0.2, 0.25) is 5.32 Å². The first-order chi connectivity index (χ1) is 5.43. The fourth-order valence-corrected chi connectivity index (χ4v) is 1.24. The van der Waals surface area contributed by atoms with Crippen molar-refractivity contribution in [3.05, 3.63) is 35.9 Å². The summed E-state index contributed by atoms with van der Waals surface area (Å²) in [5.74, 6) is 0. The van der Waals surface area contributed by atoms with Crippen molar-refractivity contribution in [3.8, 4) is 0 Å². The Morgan fingerprint density at radius 3 is 2.55 bits per heavy atom. The second-order valence-corrected chi connectivity index (χ2v) is 3.32. The Kier molecular flexibility index (Phi) is 4.29. The zero-order valence-electron chi connectivity index (χ0n) is 6.46. The molecule has 0 amide bonds. The average molecular weight is 214 g/mol. The molecule has 1 aromatic rings. The van der Waals surface area contributed by atoms with E-state index in [4.69, 9.17) is 0 Å². The molecule has 0 saturated heterocycles. The van der Waals surface area contributed by atoms with Crippen molar-refractivity contribution in [2.24, 2.45) is 0 Å². The molecular weight excluding hydrogens is 201 g/mol. The molecule has 0 aliphatic heterocycles. The van der Waals surface area contributed by atoms with Crippen molar-refractivity contribution in [2.75, 3.05) is 6.54 Å². The van der Waals surface area contributed by atoms with Gasteiger partial charge in [-0.2, -0.15) is 0 Å². The van der Waals surface area contributed by atoms with Crippen molar-refractivity contribution in [3.63, 3.8) is 0 Å². The van der Waals surface area contributed by atoms with E-state index in [1.54, 1.807) is 0 Å². The monoisotopic (exact) mass is 215 g/mol. The standard InChI is InChI=1S/C9H13NSe/c11-7-6-10-8-9-4-2-1-3-5-9/h1-5,10-11H,6-8H2. The van der Waals surface area contributed by atoms with E-state index in [-0.39, 0.29) is 0 Å². The van der Waals surface area contributed by atoms with Gasteiger partial charge in [-0.05, 0) is 0 Å². The number of benzene rings is 1. The summed E-state index contributed by atoms with van der Waals surface area (Å²) in [6.07, 6.45) is 0. The third kappa shape index (κ3) is 3.57. The van der Waals surface area contributed by atoms with E-state index in [1.807, 2.05) is 6.07 Å². The van der Waals surface area contributed by atoms with Crippen LogP contribution in [0.3, 0.4) is 0 Å². The number of hydrogen-bond donors (Lipinski definition) is 1. The van der Waals surface area contributed by atoms with Crippen LogP contribution in [-0.2, 0) is 6.54 Å². The van der Waals surface area contributed by atoms with E-state index in [1.165, 1.54) is 5.56 Å². The van der Waals surface area contributed by atoms with Gasteiger partial charge < -0.3 is 0 Å². The number of hydrogen-bond acceptors (Lipinski definition) is 1. The molecule has 0 radical (unpaired) electrons. The second-order valence-electron chi connectivity index (χ2n) is 2.39. The van der Waals surface area contributed by atoms with Crippen molar-refractivity contribution >= 4 is 16.0 Å². The van der Waals surface area contributed by atoms with Crippen LogP contribution in [-0.4, -0.2) is 22.6 Å². The van der Waals surface area contributed by atoms with Crippen LogP contribution < -0.4 is 5.32 Å². The maximum absolute atomic E-state index is 3.34. The van der Waals surface area contributed by atoms with Crippen molar-refractivity contribution < 1.29 is 0 Å². The van der Waals surface area contributed by atoms with Gasteiger partial charge in [-0.3, -0.25) is 0 Å². The molecule has 0 spiro atoms. The molecule has 2 heteroatoms. The van der Waals surface area contributed by atoms with E-state index in [2.05, 4.69) is 45.6 Å². The van der Waals surface area contributed by atoms with Gasteiger partial charge in [-0.25, -0.2) is 0 Å². The Bertz CT molecular complexity index is 186. The molecule has 11 heavy (non-hydrogen) atoms. The maximum atomic E-state index is 3.34. The molecule has 60 valence electrons. The van der Waals surface area contributed by atoms with Crippen molar-refractivity contribution in [1.29, 1.82) is 0 Å². The fourth-order valence-electron chi connectivity index (χ4n) is 0.908. The van der Waals surface area contributed by atoms with Gasteiger partial charge in [0, 0.05) is 0 Å². The van der Waals surface area contributed by atoms with E-state index in [9.17, 15) is 0 Å². The minimum absolute atomic E-state index is 0.985. The van der Waals surface area contributed by atoms with Crippen LogP contribution in [0.15, 0.2) is 30.3 Å². The summed E-state index contributed by atoms with van der Waals surface area (Å²) in [5.41, 5.74) is 1.36. The molecule has 0 bridgehead atoms. The summed E-state index contributed by atoms with van der Waals surface area (Å²) < 4.78 is 0. The molecule has 0 heterocycles. The summed E-state index contributed by atoms with van der Waals surface area (Å²) in [5, 5.41) is 4.47. The second kappa shape index (κ2) is 5.36. The van der Waals surface area contributed by atoms with Gasteiger partial charge in [0.2, 0.25) is 0 Å². The van der Waals surface area contributed by atoms with E-state index >= 15 is 0 Å². The Labute approximate surface area is 76.0 Å². The molecule has 1 nitrogen and oxygen atoms in total. The topological polar surface area (TPSA) is 12.0 Å². The van der Waals surface area contributed by atoms with Gasteiger partial charge >= 0.3 is 75.6 Å². The van der Waals surface area contributed by atoms with E-state index in [0.717, 1.165) is 18.4 Å². The molecule has 0 aromatic heterocycles. The van der Waals surface area contributed by atoms with E-state index in [0.29, 0.717) is 0 Å². The first-order valence-electron chi connectivity index (χ1n) is 3.79. The molecule has 0 aliphatic carbocycles. The summed E-state index contributed by atoms with van der Waals surface area (Å²) in [6.45, 7) is 2.06. The number of nitrogens with one attached hydrogen (secondary N) is 1. The van der Waals surface area contributed by atoms with Crippen LogP contribution in [0, 0.1) is 0 Å². The fraction of sp³-hybridized carbons (Fsp3) is 0.333. The Hall–Kier alpha value is -0.301. The van der Waals surface area contributed by atoms with Gasteiger partial charge in [-0.15, -0.1) is 0 Å². The Morgan fingerprint density at radius 1 is 1.18 bits per heavy atom. The van der Waals surface area contributed by atoms with Gasteiger partial charge in [-0.1, -0.05) is 0 Å². The van der Waals surface area contributed by atoms with Crippen LogP contribution in [0.1, 0.15) is 5.56 Å². The van der Waals surface area contributed by atoms with Crippen LogP contribution in [0.5, 0.6) is 0 Å². The SMILES string of the molecule is [SeH]CCNCc1ccccc1. The summed E-state index contributed by atoms with van der Waals surface area (Å²) in [7, 11) is 0. The van der Waals surface area contributed by atoms with Crippen molar-refractivity contribution in [2.45, 2.75) is 11.9 Å². The first-order valence-corrected chi connectivity index (χ1v) is 5.11. The molecular formula is C9H13NSe. The molecule has 0 unspecified atom stereocenters. The predicted molar refractivity (Wildman–Crippen MR) is 50.1 cm³/mol. The summed E-state index contributed by atoms with van der Waals surface area (Å²) in [4.78, 5) is 0. The van der Waals surface area contributed by atoms with Gasteiger partial charge in [0.15, 0.2) is 0 Å².